The van der Waals surface area contributed by atoms with Gasteiger partial charge in [-0.05, 0) is 38.8 Å². The Labute approximate surface area is 112 Å². The van der Waals surface area contributed by atoms with E-state index in [0.717, 1.165) is 25.7 Å². The second-order valence-electron chi connectivity index (χ2n) is 5.56. The van der Waals surface area contributed by atoms with Crippen LogP contribution in [0.5, 0.6) is 0 Å². The smallest absolute Gasteiger partial charge is 0.0587 e. The molecule has 4 nitrogen and oxygen atoms in total. The zero-order valence-electron chi connectivity index (χ0n) is 11.9. The van der Waals surface area contributed by atoms with Gasteiger partial charge in [0.2, 0.25) is 0 Å². The summed E-state index contributed by atoms with van der Waals surface area (Å²) in [5.41, 5.74) is 0. The van der Waals surface area contributed by atoms with Gasteiger partial charge in [0.05, 0.1) is 6.61 Å². The Morgan fingerprint density at radius 3 is 2.50 bits per heavy atom. The predicted octanol–water partition coefficient (Wildman–Crippen LogP) is 0.783. The third kappa shape index (κ3) is 5.22. The second kappa shape index (κ2) is 8.10. The van der Waals surface area contributed by atoms with Crippen molar-refractivity contribution in [2.24, 2.45) is 0 Å². The zero-order valence-corrected chi connectivity index (χ0v) is 11.9. The van der Waals surface area contributed by atoms with Crippen molar-refractivity contribution in [3.63, 3.8) is 0 Å². The average Bonchev–Trinajstić information content (AvgIpc) is 3.23. The molecule has 0 unspecified atom stereocenters. The van der Waals surface area contributed by atoms with Crippen LogP contribution in [0.4, 0.5) is 0 Å². The highest BCUT2D eigenvalue weighted by atomic mass is 16.5. The number of nitrogens with zero attached hydrogens (tertiary/aromatic N) is 2. The molecule has 0 bridgehead atoms. The molecule has 4 heteroatoms. The molecule has 1 heterocycles. The van der Waals surface area contributed by atoms with Gasteiger partial charge in [-0.1, -0.05) is 0 Å². The summed E-state index contributed by atoms with van der Waals surface area (Å²) >= 11 is 0. The SMILES string of the molecule is COCCNCCCCN1CCN(C2CC2)CC1. The quantitative estimate of drug-likeness (QED) is 0.616. The maximum absolute atomic E-state index is 5.00. The molecule has 2 fully saturated rings. The first-order valence-corrected chi connectivity index (χ1v) is 7.56. The first-order chi connectivity index (χ1) is 8.90. The molecule has 1 aliphatic carbocycles. The van der Waals surface area contributed by atoms with Gasteiger partial charge >= 0.3 is 0 Å². The fourth-order valence-electron chi connectivity index (χ4n) is 2.68. The molecule has 1 saturated carbocycles. The molecule has 18 heavy (non-hydrogen) atoms. The molecule has 1 N–H and O–H groups in total. The molecule has 2 rings (SSSR count). The van der Waals surface area contributed by atoms with Crippen LogP contribution >= 0.6 is 0 Å². The summed E-state index contributed by atoms with van der Waals surface area (Å²) in [7, 11) is 1.75. The van der Waals surface area contributed by atoms with E-state index >= 15 is 0 Å². The molecule has 0 aromatic carbocycles. The Balaban J connectivity index is 1.40. The van der Waals surface area contributed by atoms with Crippen LogP contribution in [0.15, 0.2) is 0 Å². The summed E-state index contributed by atoms with van der Waals surface area (Å²) in [6.07, 6.45) is 5.51. The number of ether oxygens (including phenoxy) is 1. The van der Waals surface area contributed by atoms with Crippen LogP contribution in [0.2, 0.25) is 0 Å². The topological polar surface area (TPSA) is 27.7 Å². The lowest BCUT2D eigenvalue weighted by atomic mass is 10.2. The van der Waals surface area contributed by atoms with Crippen molar-refractivity contribution in [1.29, 1.82) is 0 Å². The molecule has 0 radical (unpaired) electrons. The fraction of sp³-hybridized carbons (Fsp3) is 1.00. The van der Waals surface area contributed by atoms with Gasteiger partial charge in [-0.3, -0.25) is 4.90 Å². The van der Waals surface area contributed by atoms with Gasteiger partial charge in [-0.2, -0.15) is 0 Å². The van der Waals surface area contributed by atoms with Crippen molar-refractivity contribution in [2.75, 3.05) is 59.5 Å². The van der Waals surface area contributed by atoms with Gasteiger partial charge in [-0.15, -0.1) is 0 Å². The zero-order chi connectivity index (χ0) is 12.6. The lowest BCUT2D eigenvalue weighted by Crippen LogP contribution is -2.47. The summed E-state index contributed by atoms with van der Waals surface area (Å²) in [6, 6.07) is 0.956. The molecule has 0 spiro atoms. The van der Waals surface area contributed by atoms with Gasteiger partial charge < -0.3 is 15.0 Å². The molecule has 1 aliphatic heterocycles. The highest BCUT2D eigenvalue weighted by Crippen LogP contribution is 2.27. The van der Waals surface area contributed by atoms with E-state index in [1.54, 1.807) is 7.11 Å². The number of methoxy groups -OCH3 is 1. The first kappa shape index (κ1) is 14.3. The third-order valence-corrected chi connectivity index (χ3v) is 4.03. The minimum atomic E-state index is 0.823. The van der Waals surface area contributed by atoms with E-state index in [1.165, 1.54) is 58.4 Å². The Bertz CT molecular complexity index is 213. The van der Waals surface area contributed by atoms with E-state index in [9.17, 15) is 0 Å². The van der Waals surface area contributed by atoms with Crippen LogP contribution in [0.25, 0.3) is 0 Å². The van der Waals surface area contributed by atoms with E-state index in [4.69, 9.17) is 4.74 Å². The minimum Gasteiger partial charge on any atom is -0.383 e. The summed E-state index contributed by atoms with van der Waals surface area (Å²) in [6.45, 7) is 9.39. The van der Waals surface area contributed by atoms with Crippen LogP contribution in [0, 0.1) is 0 Å². The van der Waals surface area contributed by atoms with Crippen LogP contribution in [0.3, 0.4) is 0 Å². The lowest BCUT2D eigenvalue weighted by molar-refractivity contribution is 0.125. The van der Waals surface area contributed by atoms with Gasteiger partial charge in [-0.25, -0.2) is 0 Å². The van der Waals surface area contributed by atoms with Crippen molar-refractivity contribution in [2.45, 2.75) is 31.7 Å². The molecular formula is C14H29N3O. The third-order valence-electron chi connectivity index (χ3n) is 4.03. The van der Waals surface area contributed by atoms with Crippen LogP contribution in [0.1, 0.15) is 25.7 Å². The van der Waals surface area contributed by atoms with Gasteiger partial charge in [0.15, 0.2) is 0 Å². The standard InChI is InChI=1S/C14H29N3O/c1-18-13-7-15-6-2-3-8-16-9-11-17(12-10-16)14-4-5-14/h14-15H,2-13H2,1H3. The molecule has 1 saturated heterocycles. The van der Waals surface area contributed by atoms with Crippen molar-refractivity contribution >= 4 is 0 Å². The predicted molar refractivity (Wildman–Crippen MR) is 75.0 cm³/mol. The molecule has 106 valence electrons. The fourth-order valence-corrected chi connectivity index (χ4v) is 2.68. The maximum atomic E-state index is 5.00. The Hall–Kier alpha value is -0.160. The average molecular weight is 255 g/mol. The normalized spacial score (nSPS) is 22.5. The Morgan fingerprint density at radius 1 is 1.06 bits per heavy atom. The van der Waals surface area contributed by atoms with Crippen molar-refractivity contribution < 1.29 is 4.74 Å². The van der Waals surface area contributed by atoms with E-state index < -0.39 is 0 Å². The summed E-state index contributed by atoms with van der Waals surface area (Å²) < 4.78 is 5.00. The Kier molecular flexibility index (Phi) is 6.41. The monoisotopic (exact) mass is 255 g/mol. The first-order valence-electron chi connectivity index (χ1n) is 7.56. The van der Waals surface area contributed by atoms with Gasteiger partial charge in [0, 0.05) is 45.9 Å². The number of hydrogen-bond acceptors (Lipinski definition) is 4. The molecule has 2 aliphatic rings. The maximum Gasteiger partial charge on any atom is 0.0587 e. The van der Waals surface area contributed by atoms with E-state index in [2.05, 4.69) is 15.1 Å². The number of nitrogens with one attached hydrogen (secondary N) is 1. The summed E-state index contributed by atoms with van der Waals surface area (Å²) in [4.78, 5) is 5.32. The summed E-state index contributed by atoms with van der Waals surface area (Å²) in [5, 5.41) is 3.40. The van der Waals surface area contributed by atoms with Crippen LogP contribution in [-0.2, 0) is 4.74 Å². The lowest BCUT2D eigenvalue weighted by Gasteiger charge is -2.34. The number of rotatable bonds is 9. The largest absolute Gasteiger partial charge is 0.383 e. The minimum absolute atomic E-state index is 0.823. The molecule has 0 atom stereocenters. The van der Waals surface area contributed by atoms with E-state index in [-0.39, 0.29) is 0 Å². The number of hydrogen-bond donors (Lipinski definition) is 1. The molecular weight excluding hydrogens is 226 g/mol. The van der Waals surface area contributed by atoms with E-state index in [0.29, 0.717) is 0 Å². The van der Waals surface area contributed by atoms with Crippen molar-refractivity contribution in [3.8, 4) is 0 Å². The summed E-state index contributed by atoms with van der Waals surface area (Å²) in [5.74, 6) is 0. The van der Waals surface area contributed by atoms with Gasteiger partial charge in [0.1, 0.15) is 0 Å². The number of piperazine rings is 1. The van der Waals surface area contributed by atoms with Crippen LogP contribution < -0.4 is 5.32 Å². The van der Waals surface area contributed by atoms with Gasteiger partial charge in [0.25, 0.3) is 0 Å². The van der Waals surface area contributed by atoms with E-state index in [1.807, 2.05) is 0 Å². The number of unbranched alkanes of at least 4 members (excludes halogenated alkanes) is 1. The Morgan fingerprint density at radius 2 is 1.83 bits per heavy atom. The van der Waals surface area contributed by atoms with Crippen molar-refractivity contribution in [1.82, 2.24) is 15.1 Å². The molecule has 0 aromatic heterocycles. The highest BCUT2D eigenvalue weighted by molar-refractivity contribution is 4.87. The second-order valence-corrected chi connectivity index (χ2v) is 5.56. The highest BCUT2D eigenvalue weighted by Gasteiger charge is 2.30. The van der Waals surface area contributed by atoms with Crippen LogP contribution in [-0.4, -0.2) is 75.4 Å². The molecule has 0 aromatic rings. The molecule has 0 amide bonds. The van der Waals surface area contributed by atoms with Crippen molar-refractivity contribution in [3.05, 3.63) is 0 Å².